The molecule has 47 heteroatoms. The summed E-state index contributed by atoms with van der Waals surface area (Å²) in [6, 6.07) is 61.6. The predicted octanol–water partition coefficient (Wildman–Crippen LogP) is 26.5. The first-order valence-electron chi connectivity index (χ1n) is 42.0. The van der Waals surface area contributed by atoms with Crippen molar-refractivity contribution in [3.05, 3.63) is 294 Å². The Labute approximate surface area is 797 Å². The van der Waals surface area contributed by atoms with Crippen LogP contribution in [0.1, 0.15) is 83.5 Å². The second kappa shape index (κ2) is 42.6. The number of aryl methyl sites for hydroxylation is 3. The normalized spacial score (nSPS) is 12.0. The molecule has 736 valence electrons. The highest BCUT2D eigenvalue weighted by Crippen LogP contribution is 2.41. The molecule has 20 rings (SSSR count). The molecule has 31 nitrogen and oxygen atoms in total. The molecule has 0 radical (unpaired) electrons. The third-order valence-electron chi connectivity index (χ3n) is 19.8. The van der Waals surface area contributed by atoms with Crippen molar-refractivity contribution in [1.29, 1.82) is 0 Å². The summed E-state index contributed by atoms with van der Waals surface area (Å²) < 4.78 is 274. The number of hydrogen-bond donors (Lipinski definition) is 0. The standard InChI is InChI=1S/C21H15F3N2O3.C20H16F3N3O4.C19H13F3N2O4.C18H12F3N3O4.C18H12F3N3O3S/c1-13(18-4-2-3-11-25-18)27-20-17-12-15(7-10-19(17)29-26-20)14-5-8-16(9-6-14)28-21(22,23)24;1-11(2)18-25-24-17(28-18)10-27-19-15-9-13(5-8-16(15)30-26-19)12-3-6-14(7-4-12)29-20(21,22)23;1-11-8-15(27-23-11)10-25-18-16-9-13(4-7-17(16)28-24-18)12-2-5-14(6-3-12)26-19(20,21)22;1-10-22-23-16(26-10)9-25-17-14-8-12(4-7-15(14)28-24-17)11-2-5-13(6-3-11)27-18(19,20)21;1-10-22-23-16(28-10)9-25-17-14-8-12(4-7-15(14)27-24-17)11-2-5-13(6-3-11)26-18(19,20)21/h2-13H,1H3;3-9,11H,10H2,1-2H3;2-9H,10H2,1H3;2*2-8H,9H2,1H3. The Morgan fingerprint density at radius 1 is 0.308 bits per heavy atom. The monoisotopic (exact) mass is 2010 g/mol. The smallest absolute Gasteiger partial charge is 0.468 e. The van der Waals surface area contributed by atoms with Gasteiger partial charge in [0.1, 0.15) is 46.5 Å². The Kier molecular flexibility index (Phi) is 29.4. The van der Waals surface area contributed by atoms with Crippen molar-refractivity contribution in [3.8, 4) is 114 Å². The van der Waals surface area contributed by atoms with Gasteiger partial charge < -0.3 is 83.3 Å². The van der Waals surface area contributed by atoms with E-state index >= 15 is 0 Å². The number of rotatable bonds is 26. The van der Waals surface area contributed by atoms with E-state index in [2.05, 4.69) is 90.2 Å². The first-order valence-corrected chi connectivity index (χ1v) is 42.8. The van der Waals surface area contributed by atoms with E-state index in [0.29, 0.717) is 129 Å². The van der Waals surface area contributed by atoms with E-state index < -0.39 is 31.8 Å². The van der Waals surface area contributed by atoms with E-state index in [4.69, 9.17) is 59.7 Å². The second-order valence-electron chi connectivity index (χ2n) is 30.6. The molecule has 0 amide bonds. The van der Waals surface area contributed by atoms with Crippen LogP contribution in [-0.4, -0.2) is 98.3 Å². The van der Waals surface area contributed by atoms with Gasteiger partial charge in [-0.2, -0.15) is 0 Å². The Morgan fingerprint density at radius 3 is 0.923 bits per heavy atom. The Balaban J connectivity index is 0.000000128. The van der Waals surface area contributed by atoms with Gasteiger partial charge in [-0.1, -0.05) is 127 Å². The van der Waals surface area contributed by atoms with Crippen molar-refractivity contribution >= 4 is 66.2 Å². The topological polar surface area (TPSA) is 365 Å². The molecule has 0 fully saturated rings. The molecular formula is C96H68F15N13O18S. The Bertz CT molecular complexity index is 7240. The van der Waals surface area contributed by atoms with Crippen molar-refractivity contribution in [1.82, 2.24) is 66.5 Å². The van der Waals surface area contributed by atoms with E-state index in [0.717, 1.165) is 44.2 Å². The van der Waals surface area contributed by atoms with Crippen LogP contribution in [0.4, 0.5) is 65.9 Å². The summed E-state index contributed by atoms with van der Waals surface area (Å²) in [5, 5.41) is 51.4. The van der Waals surface area contributed by atoms with Crippen molar-refractivity contribution < 1.29 is 149 Å². The van der Waals surface area contributed by atoms with Crippen LogP contribution in [0.3, 0.4) is 0 Å². The summed E-state index contributed by atoms with van der Waals surface area (Å²) in [6.45, 7) is 11.4. The zero-order chi connectivity index (χ0) is 101. The maximum atomic E-state index is 12.3. The molecule has 1 atom stereocenters. The van der Waals surface area contributed by atoms with Crippen molar-refractivity contribution in [2.45, 2.75) is 112 Å². The first-order chi connectivity index (χ1) is 68.3. The fourth-order valence-electron chi connectivity index (χ4n) is 13.4. The van der Waals surface area contributed by atoms with Crippen LogP contribution >= 0.6 is 11.3 Å². The number of halogens is 15. The van der Waals surface area contributed by atoms with Gasteiger partial charge in [-0.3, -0.25) is 4.98 Å². The molecule has 0 saturated carbocycles. The van der Waals surface area contributed by atoms with Gasteiger partial charge >= 0.3 is 31.8 Å². The average molecular weight is 2010 g/mol. The molecule has 143 heavy (non-hydrogen) atoms. The molecule has 0 aliphatic rings. The minimum Gasteiger partial charge on any atom is -0.468 e. The van der Waals surface area contributed by atoms with Crippen LogP contribution in [-0.2, 0) is 26.4 Å². The molecule has 10 heterocycles. The molecule has 10 aromatic carbocycles. The zero-order valence-electron chi connectivity index (χ0n) is 74.3. The molecular weight excluding hydrogens is 1940 g/mol. The minimum atomic E-state index is -4.73. The van der Waals surface area contributed by atoms with Crippen LogP contribution in [0.25, 0.3) is 110 Å². The number of hydrogen-bond acceptors (Lipinski definition) is 32. The highest BCUT2D eigenvalue weighted by Gasteiger charge is 2.35. The second-order valence-corrected chi connectivity index (χ2v) is 31.8. The highest BCUT2D eigenvalue weighted by atomic mass is 32.1. The van der Waals surface area contributed by atoms with Crippen molar-refractivity contribution in [2.24, 2.45) is 0 Å². The third kappa shape index (κ3) is 27.0. The summed E-state index contributed by atoms with van der Waals surface area (Å²) >= 11 is 1.42. The fraction of sp³-hybridized carbons (Fsp3) is 0.177. The van der Waals surface area contributed by atoms with E-state index in [1.807, 2.05) is 52.0 Å². The number of fused-ring (bicyclic) bond motifs is 5. The van der Waals surface area contributed by atoms with Gasteiger partial charge in [-0.25, -0.2) is 0 Å². The predicted molar refractivity (Wildman–Crippen MR) is 475 cm³/mol. The van der Waals surface area contributed by atoms with E-state index in [1.165, 1.54) is 108 Å². The molecule has 0 bridgehead atoms. The molecule has 0 N–H and O–H groups in total. The molecule has 0 saturated heterocycles. The number of alkyl halides is 15. The van der Waals surface area contributed by atoms with E-state index in [1.54, 1.807) is 135 Å². The maximum absolute atomic E-state index is 12.3. The maximum Gasteiger partial charge on any atom is 0.573 e. The number of aromatic nitrogens is 13. The SMILES string of the molecule is CC(C)c1nnc(COc2noc3ccc(-c4ccc(OC(F)(F)F)cc4)cc23)o1.CC(Oc1noc2ccc(-c3ccc(OC(F)(F)F)cc3)cc12)c1ccccn1.Cc1cc(COc2noc3ccc(-c4ccc(OC(F)(F)F)cc4)cc23)on1.Cc1nnc(COc2noc3ccc(-c4ccc(OC(F)(F)F)cc4)cc23)o1.Cc1nnc(COc2noc3ccc(-c4ccc(OC(F)(F)F)cc4)cc23)s1. The van der Waals surface area contributed by atoms with Crippen LogP contribution < -0.4 is 47.4 Å². The largest absolute Gasteiger partial charge is 0.573 e. The van der Waals surface area contributed by atoms with Gasteiger partial charge in [0.2, 0.25) is 11.8 Å². The molecule has 10 aromatic heterocycles. The minimum absolute atomic E-state index is 0.0229. The van der Waals surface area contributed by atoms with E-state index in [9.17, 15) is 65.9 Å². The van der Waals surface area contributed by atoms with Gasteiger partial charge in [-0.05, 0) is 236 Å². The number of nitrogens with zero attached hydrogens (tertiary/aromatic N) is 13. The summed E-state index contributed by atoms with van der Waals surface area (Å²) in [4.78, 5) is 4.26. The molecule has 1 unspecified atom stereocenters. The van der Waals surface area contributed by atoms with Crippen LogP contribution in [0.5, 0.6) is 58.1 Å². The average Bonchev–Trinajstić information content (AvgIpc) is 1.64. The highest BCUT2D eigenvalue weighted by molar-refractivity contribution is 7.11. The lowest BCUT2D eigenvalue weighted by Crippen LogP contribution is -2.16. The summed E-state index contributed by atoms with van der Waals surface area (Å²) in [6.07, 6.45) is -22.3. The lowest BCUT2D eigenvalue weighted by molar-refractivity contribution is -0.275. The van der Waals surface area contributed by atoms with Gasteiger partial charge in [0.25, 0.3) is 41.2 Å². The van der Waals surface area contributed by atoms with Crippen LogP contribution in [0.15, 0.2) is 279 Å². The van der Waals surface area contributed by atoms with Crippen LogP contribution in [0, 0.1) is 20.8 Å². The molecule has 20 aromatic rings. The van der Waals surface area contributed by atoms with Gasteiger partial charge in [0.05, 0.1) is 38.3 Å². The Morgan fingerprint density at radius 2 is 0.629 bits per heavy atom. The molecule has 0 spiro atoms. The number of benzene rings is 10. The van der Waals surface area contributed by atoms with Crippen molar-refractivity contribution in [3.63, 3.8) is 0 Å². The molecule has 0 aliphatic heterocycles. The molecule has 0 aliphatic carbocycles. The van der Waals surface area contributed by atoms with Gasteiger partial charge in [-0.15, -0.1) is 96.4 Å². The lowest BCUT2D eigenvalue weighted by Gasteiger charge is -2.11. The number of pyridine rings is 1. The summed E-state index contributed by atoms with van der Waals surface area (Å²) in [7, 11) is 0. The van der Waals surface area contributed by atoms with Gasteiger partial charge in [0.15, 0.2) is 58.5 Å². The van der Waals surface area contributed by atoms with Gasteiger partial charge in [0, 0.05) is 25.1 Å². The van der Waals surface area contributed by atoms with Crippen molar-refractivity contribution in [2.75, 3.05) is 0 Å². The fourth-order valence-corrected chi connectivity index (χ4v) is 14.1. The summed E-state index contributed by atoms with van der Waals surface area (Å²) in [5.41, 5.74) is 11.4. The zero-order valence-corrected chi connectivity index (χ0v) is 75.1. The number of ether oxygens (including phenoxy) is 10. The lowest BCUT2D eigenvalue weighted by atomic mass is 10.0. The van der Waals surface area contributed by atoms with E-state index in [-0.39, 0.29) is 84.8 Å². The first kappa shape index (κ1) is 98.7. The summed E-state index contributed by atoms with van der Waals surface area (Å²) in [5.74, 6) is 2.16. The van der Waals surface area contributed by atoms with Crippen LogP contribution in [0.2, 0.25) is 0 Å². The Hall–Kier alpha value is -17.3. The quantitative estimate of drug-likeness (QED) is 0.0454. The third-order valence-corrected chi connectivity index (χ3v) is 20.6.